The van der Waals surface area contributed by atoms with Gasteiger partial charge in [-0.15, -0.1) is 11.3 Å². The minimum absolute atomic E-state index is 0.800. The summed E-state index contributed by atoms with van der Waals surface area (Å²) in [6.07, 6.45) is 0.995. The molecule has 3 heteroatoms. The van der Waals surface area contributed by atoms with Crippen LogP contribution in [0.3, 0.4) is 0 Å². The number of thiophene rings is 1. The number of anilines is 1. The third kappa shape index (κ3) is 1.30. The summed E-state index contributed by atoms with van der Waals surface area (Å²) in [7, 11) is 0. The van der Waals surface area contributed by atoms with Gasteiger partial charge in [0.2, 0.25) is 0 Å². The molecule has 0 saturated heterocycles. The summed E-state index contributed by atoms with van der Waals surface area (Å²) in [6.45, 7) is 2.12. The van der Waals surface area contributed by atoms with Crippen molar-refractivity contribution in [2.45, 2.75) is 13.3 Å². The maximum absolute atomic E-state index is 6.05. The SMILES string of the molecule is CCc1ccc(Cl)c2scc(N)c12. The number of nitrogen functional groups attached to an aromatic ring is 1. The van der Waals surface area contributed by atoms with Gasteiger partial charge >= 0.3 is 0 Å². The van der Waals surface area contributed by atoms with Crippen LogP contribution in [-0.4, -0.2) is 0 Å². The summed E-state index contributed by atoms with van der Waals surface area (Å²) in [5.41, 5.74) is 8.00. The van der Waals surface area contributed by atoms with Gasteiger partial charge in [0.25, 0.3) is 0 Å². The van der Waals surface area contributed by atoms with E-state index in [4.69, 9.17) is 17.3 Å². The van der Waals surface area contributed by atoms with Crippen molar-refractivity contribution in [1.82, 2.24) is 0 Å². The van der Waals surface area contributed by atoms with Crippen LogP contribution in [0.5, 0.6) is 0 Å². The van der Waals surface area contributed by atoms with Crippen LogP contribution in [0.25, 0.3) is 10.1 Å². The molecule has 0 aliphatic heterocycles. The van der Waals surface area contributed by atoms with Crippen LogP contribution >= 0.6 is 22.9 Å². The van der Waals surface area contributed by atoms with Gasteiger partial charge in [0.15, 0.2) is 0 Å². The Hall–Kier alpha value is -0.730. The first kappa shape index (κ1) is 8.85. The van der Waals surface area contributed by atoms with Crippen LogP contribution in [-0.2, 0) is 6.42 Å². The van der Waals surface area contributed by atoms with E-state index < -0.39 is 0 Å². The molecule has 0 amide bonds. The molecule has 0 bridgehead atoms. The Balaban J connectivity index is 2.88. The van der Waals surface area contributed by atoms with Crippen molar-refractivity contribution in [3.05, 3.63) is 28.1 Å². The lowest BCUT2D eigenvalue weighted by Gasteiger charge is -2.01. The Bertz CT molecular complexity index is 447. The predicted octanol–water partition coefficient (Wildman–Crippen LogP) is 3.70. The second kappa shape index (κ2) is 3.20. The molecule has 1 heterocycles. The zero-order chi connectivity index (χ0) is 9.42. The number of benzene rings is 1. The lowest BCUT2D eigenvalue weighted by atomic mass is 10.1. The molecular formula is C10H10ClNS. The number of fused-ring (bicyclic) bond motifs is 1. The first-order valence-electron chi connectivity index (χ1n) is 4.18. The fourth-order valence-corrected chi connectivity index (χ4v) is 2.71. The minimum atomic E-state index is 0.800. The molecule has 2 rings (SSSR count). The van der Waals surface area contributed by atoms with Gasteiger partial charge in [0.05, 0.1) is 15.4 Å². The van der Waals surface area contributed by atoms with Gasteiger partial charge in [-0.3, -0.25) is 0 Å². The zero-order valence-corrected chi connectivity index (χ0v) is 8.88. The fourth-order valence-electron chi connectivity index (χ4n) is 1.51. The van der Waals surface area contributed by atoms with Gasteiger partial charge in [-0.1, -0.05) is 24.6 Å². The molecule has 0 fully saturated rings. The Kier molecular flexibility index (Phi) is 2.18. The molecule has 68 valence electrons. The predicted molar refractivity (Wildman–Crippen MR) is 60.6 cm³/mol. The monoisotopic (exact) mass is 211 g/mol. The molecular weight excluding hydrogens is 202 g/mol. The highest BCUT2D eigenvalue weighted by molar-refractivity contribution is 7.18. The minimum Gasteiger partial charge on any atom is -0.398 e. The molecule has 0 aliphatic rings. The quantitative estimate of drug-likeness (QED) is 0.765. The molecule has 1 aromatic carbocycles. The van der Waals surface area contributed by atoms with Crippen molar-refractivity contribution >= 4 is 38.7 Å². The lowest BCUT2D eigenvalue weighted by Crippen LogP contribution is -1.86. The van der Waals surface area contributed by atoms with E-state index in [0.29, 0.717) is 0 Å². The van der Waals surface area contributed by atoms with E-state index in [1.807, 2.05) is 17.5 Å². The van der Waals surface area contributed by atoms with E-state index >= 15 is 0 Å². The molecule has 2 N–H and O–H groups in total. The van der Waals surface area contributed by atoms with Crippen LogP contribution in [0.4, 0.5) is 5.69 Å². The Morgan fingerprint density at radius 2 is 2.23 bits per heavy atom. The Morgan fingerprint density at radius 3 is 2.92 bits per heavy atom. The Labute approximate surface area is 86.1 Å². The highest BCUT2D eigenvalue weighted by Gasteiger charge is 2.08. The van der Waals surface area contributed by atoms with Gasteiger partial charge in [-0.2, -0.15) is 0 Å². The van der Waals surface area contributed by atoms with E-state index in [2.05, 4.69) is 6.92 Å². The number of hydrogen-bond acceptors (Lipinski definition) is 2. The molecule has 0 radical (unpaired) electrons. The molecule has 2 aromatic rings. The van der Waals surface area contributed by atoms with Gasteiger partial charge in [0.1, 0.15) is 0 Å². The molecule has 0 saturated carbocycles. The van der Waals surface area contributed by atoms with Gasteiger partial charge in [0, 0.05) is 10.8 Å². The summed E-state index contributed by atoms with van der Waals surface area (Å²) in [5.74, 6) is 0. The van der Waals surface area contributed by atoms with E-state index in [0.717, 1.165) is 27.2 Å². The largest absolute Gasteiger partial charge is 0.398 e. The zero-order valence-electron chi connectivity index (χ0n) is 7.30. The standard InChI is InChI=1S/C10H10ClNS/c1-2-6-3-4-7(11)10-9(6)8(12)5-13-10/h3-5H,2,12H2,1H3. The highest BCUT2D eigenvalue weighted by Crippen LogP contribution is 2.36. The molecule has 0 unspecified atom stereocenters. The second-order valence-corrected chi connectivity index (χ2v) is 4.24. The topological polar surface area (TPSA) is 26.0 Å². The lowest BCUT2D eigenvalue weighted by molar-refractivity contribution is 1.16. The average molecular weight is 212 g/mol. The van der Waals surface area contributed by atoms with E-state index in [1.165, 1.54) is 5.56 Å². The molecule has 0 aliphatic carbocycles. The first-order valence-corrected chi connectivity index (χ1v) is 5.44. The van der Waals surface area contributed by atoms with Crippen LogP contribution in [0.1, 0.15) is 12.5 Å². The van der Waals surface area contributed by atoms with Crippen molar-refractivity contribution in [3.8, 4) is 0 Å². The number of nitrogens with two attached hydrogens (primary N) is 1. The molecule has 1 aromatic heterocycles. The summed E-state index contributed by atoms with van der Waals surface area (Å²) < 4.78 is 1.11. The normalized spacial score (nSPS) is 10.9. The Morgan fingerprint density at radius 1 is 1.46 bits per heavy atom. The first-order chi connectivity index (χ1) is 6.24. The van der Waals surface area contributed by atoms with E-state index in [9.17, 15) is 0 Å². The van der Waals surface area contributed by atoms with Crippen molar-refractivity contribution in [3.63, 3.8) is 0 Å². The van der Waals surface area contributed by atoms with E-state index in [1.54, 1.807) is 11.3 Å². The van der Waals surface area contributed by atoms with Crippen LogP contribution < -0.4 is 5.73 Å². The smallest absolute Gasteiger partial charge is 0.0585 e. The van der Waals surface area contributed by atoms with Crippen molar-refractivity contribution < 1.29 is 0 Å². The molecule has 0 spiro atoms. The number of halogens is 1. The summed E-state index contributed by atoms with van der Waals surface area (Å²) >= 11 is 7.67. The fraction of sp³-hybridized carbons (Fsp3) is 0.200. The number of aryl methyl sites for hydroxylation is 1. The van der Waals surface area contributed by atoms with E-state index in [-0.39, 0.29) is 0 Å². The van der Waals surface area contributed by atoms with Gasteiger partial charge in [-0.25, -0.2) is 0 Å². The molecule has 1 nitrogen and oxygen atoms in total. The second-order valence-electron chi connectivity index (χ2n) is 2.96. The highest BCUT2D eigenvalue weighted by atomic mass is 35.5. The van der Waals surface area contributed by atoms with Crippen molar-refractivity contribution in [2.24, 2.45) is 0 Å². The molecule has 13 heavy (non-hydrogen) atoms. The molecule has 0 atom stereocenters. The summed E-state index contributed by atoms with van der Waals surface area (Å²) in [4.78, 5) is 0. The maximum atomic E-state index is 6.05. The average Bonchev–Trinajstić information content (AvgIpc) is 2.51. The van der Waals surface area contributed by atoms with Crippen LogP contribution in [0.15, 0.2) is 17.5 Å². The third-order valence-electron chi connectivity index (χ3n) is 2.17. The van der Waals surface area contributed by atoms with Crippen molar-refractivity contribution in [1.29, 1.82) is 0 Å². The van der Waals surface area contributed by atoms with Crippen LogP contribution in [0, 0.1) is 0 Å². The summed E-state index contributed by atoms with van der Waals surface area (Å²) in [5, 5.41) is 3.89. The number of rotatable bonds is 1. The van der Waals surface area contributed by atoms with Gasteiger partial charge in [-0.05, 0) is 18.1 Å². The number of hydrogen-bond donors (Lipinski definition) is 1. The van der Waals surface area contributed by atoms with Crippen molar-refractivity contribution in [2.75, 3.05) is 5.73 Å². The van der Waals surface area contributed by atoms with Gasteiger partial charge < -0.3 is 5.73 Å². The third-order valence-corrected chi connectivity index (χ3v) is 3.63. The summed E-state index contributed by atoms with van der Waals surface area (Å²) in [6, 6.07) is 3.99. The maximum Gasteiger partial charge on any atom is 0.0585 e. The van der Waals surface area contributed by atoms with Crippen LogP contribution in [0.2, 0.25) is 5.02 Å².